The summed E-state index contributed by atoms with van der Waals surface area (Å²) in [6.45, 7) is 19.1. The van der Waals surface area contributed by atoms with Crippen molar-refractivity contribution in [1.82, 2.24) is 15.5 Å². The number of Topliss-reactive ketones (excluding diaryl/α,β-unsaturated/α-hetero) is 1. The van der Waals surface area contributed by atoms with Gasteiger partial charge in [0.15, 0.2) is 19.7 Å². The summed E-state index contributed by atoms with van der Waals surface area (Å²) in [6.07, 6.45) is 7.99. The van der Waals surface area contributed by atoms with Crippen LogP contribution in [-0.4, -0.2) is 123 Å². The van der Waals surface area contributed by atoms with Crippen molar-refractivity contribution >= 4 is 45.4 Å². The second-order valence-electron chi connectivity index (χ2n) is 17.1. The monoisotopic (exact) mass is 852 g/mol. The Hall–Kier alpha value is -2.20. The van der Waals surface area contributed by atoms with Crippen LogP contribution in [0.5, 0.6) is 0 Å². The number of amides is 3. The molecule has 0 saturated heterocycles. The number of carbonyl (C=O) groups is 5. The summed E-state index contributed by atoms with van der Waals surface area (Å²) in [5, 5.41) is 25.8. The Bertz CT molecular complexity index is 1280. The third kappa shape index (κ3) is 21.6. The van der Waals surface area contributed by atoms with Gasteiger partial charge in [0.05, 0.1) is 44.9 Å². The van der Waals surface area contributed by atoms with Gasteiger partial charge in [0.2, 0.25) is 11.8 Å². The van der Waals surface area contributed by atoms with E-state index in [1.54, 1.807) is 13.8 Å². The number of nitrogens with one attached hydrogen (secondary N) is 2. The molecule has 17 heteroatoms. The summed E-state index contributed by atoms with van der Waals surface area (Å²) in [7, 11) is -4.55. The molecule has 0 aromatic carbocycles. The van der Waals surface area contributed by atoms with Crippen molar-refractivity contribution in [3.63, 3.8) is 0 Å². The Labute approximate surface area is 344 Å². The number of likely N-dealkylation sites (N-methyl/N-ethyl adjacent to an activating group) is 1. The first-order chi connectivity index (χ1) is 26.4. The highest BCUT2D eigenvalue weighted by atomic mass is 31.2. The normalized spacial score (nSPS) is 15.0. The minimum absolute atomic E-state index is 0.0639. The molecule has 0 rings (SSSR count). The number of hydrogen-bond donors (Lipinski definition) is 4. The van der Waals surface area contributed by atoms with Crippen molar-refractivity contribution in [2.24, 2.45) is 11.8 Å². The van der Waals surface area contributed by atoms with E-state index in [0.29, 0.717) is 12.3 Å². The summed E-state index contributed by atoms with van der Waals surface area (Å²) in [5.41, 5.74) is -2.59. The van der Waals surface area contributed by atoms with Gasteiger partial charge in [0.25, 0.3) is 5.91 Å². The quantitative estimate of drug-likeness (QED) is 0.0216. The van der Waals surface area contributed by atoms with Crippen LogP contribution >= 0.6 is 7.60 Å². The molecule has 0 spiro atoms. The average Bonchev–Trinajstić information content (AvgIpc) is 3.11. The molecule has 4 N–H and O–H groups in total. The molecule has 0 aliphatic rings. The highest BCUT2D eigenvalue weighted by Crippen LogP contribution is 2.48. The molecule has 0 fully saturated rings. The number of hydrogen-bond acceptors (Lipinski definition) is 12. The van der Waals surface area contributed by atoms with Crippen LogP contribution in [0, 0.1) is 11.8 Å². The predicted octanol–water partition coefficient (Wildman–Crippen LogP) is 5.75. The maximum atomic E-state index is 13.7. The smallest absolute Gasteiger partial charge is 0.340 e. The second-order valence-corrected chi connectivity index (χ2v) is 24.0. The number of carbonyl (C=O) groups excluding carboxylic acids is 5. The van der Waals surface area contributed by atoms with Crippen LogP contribution in [0.2, 0.25) is 18.1 Å². The Morgan fingerprint density at radius 1 is 0.842 bits per heavy atom. The van der Waals surface area contributed by atoms with Gasteiger partial charge in [-0.1, -0.05) is 92.9 Å². The lowest BCUT2D eigenvalue weighted by Crippen LogP contribution is -2.56. The van der Waals surface area contributed by atoms with E-state index < -0.39 is 94.9 Å². The molecule has 0 heterocycles. The molecule has 0 bridgehead atoms. The zero-order valence-electron chi connectivity index (χ0n) is 37.2. The van der Waals surface area contributed by atoms with Crippen LogP contribution in [0.15, 0.2) is 0 Å². The highest BCUT2D eigenvalue weighted by molar-refractivity contribution is 7.54. The fraction of sp³-hybridized carbons (Fsp3) is 0.875. The maximum Gasteiger partial charge on any atom is 0.340 e. The largest absolute Gasteiger partial charge is 0.460 e. The molecule has 334 valence electrons. The van der Waals surface area contributed by atoms with E-state index in [0.717, 1.165) is 37.5 Å². The van der Waals surface area contributed by atoms with Gasteiger partial charge in [-0.3, -0.25) is 28.5 Å². The maximum absolute atomic E-state index is 13.7. The topological polar surface area (TPSA) is 207 Å². The molecule has 3 amide bonds. The van der Waals surface area contributed by atoms with Crippen LogP contribution in [0.3, 0.4) is 0 Å². The summed E-state index contributed by atoms with van der Waals surface area (Å²) < 4.78 is 35.1. The van der Waals surface area contributed by atoms with Crippen LogP contribution in [0.1, 0.15) is 127 Å². The molecular formula is C40H78N3O12PSi. The molecular weight excluding hydrogens is 774 g/mol. The molecule has 15 nitrogen and oxygen atoms in total. The number of esters is 1. The first-order valence-electron chi connectivity index (χ1n) is 20.8. The van der Waals surface area contributed by atoms with E-state index in [9.17, 15) is 38.8 Å². The Morgan fingerprint density at radius 2 is 1.35 bits per heavy atom. The van der Waals surface area contributed by atoms with Gasteiger partial charge in [0, 0.05) is 7.05 Å². The van der Waals surface area contributed by atoms with Gasteiger partial charge in [-0.2, -0.15) is 0 Å². The summed E-state index contributed by atoms with van der Waals surface area (Å²) in [4.78, 5) is 66.6. The Kier molecular flexibility index (Phi) is 25.8. The molecule has 0 radical (unpaired) electrons. The number of aliphatic hydroxyl groups is 2. The van der Waals surface area contributed by atoms with Crippen LogP contribution < -0.4 is 10.6 Å². The van der Waals surface area contributed by atoms with E-state index in [2.05, 4.69) is 45.3 Å². The Morgan fingerprint density at radius 3 is 1.82 bits per heavy atom. The third-order valence-corrected chi connectivity index (χ3v) is 16.9. The number of ether oxygens (including phenoxy) is 1. The summed E-state index contributed by atoms with van der Waals surface area (Å²) in [6, 6.07) is -0.732. The van der Waals surface area contributed by atoms with E-state index >= 15 is 0 Å². The predicted molar refractivity (Wildman–Crippen MR) is 224 cm³/mol. The SMILES string of the molecule is CCOP(=O)(CC(=O)N(C)CC(=O)O[C@@H](CCCCCCCCCCC(C)C)[C@@H](C)C(=O)C(C)(O)C(=O)NCC(=O)N[C@H](CO)CO[Si](C)(C)C(C)(C)C)OCC. The second kappa shape index (κ2) is 26.8. The van der Waals surface area contributed by atoms with E-state index in [-0.39, 0.29) is 31.3 Å². The first-order valence-corrected chi connectivity index (χ1v) is 25.4. The lowest BCUT2D eigenvalue weighted by molar-refractivity contribution is -0.162. The Balaban J connectivity index is 5.63. The van der Waals surface area contributed by atoms with Gasteiger partial charge in [-0.05, 0) is 57.7 Å². The average molecular weight is 852 g/mol. The van der Waals surface area contributed by atoms with Crippen LogP contribution in [0.4, 0.5) is 0 Å². The lowest BCUT2D eigenvalue weighted by atomic mass is 9.85. The van der Waals surface area contributed by atoms with Crippen molar-refractivity contribution in [3.05, 3.63) is 0 Å². The van der Waals surface area contributed by atoms with Crippen molar-refractivity contribution in [2.45, 2.75) is 162 Å². The number of rotatable bonds is 31. The number of unbranched alkanes of at least 4 members (excludes halogenated alkanes) is 7. The van der Waals surface area contributed by atoms with Crippen molar-refractivity contribution in [1.29, 1.82) is 0 Å². The molecule has 0 aliphatic heterocycles. The first kappa shape index (κ1) is 54.8. The van der Waals surface area contributed by atoms with E-state index in [1.807, 2.05) is 13.1 Å². The summed E-state index contributed by atoms with van der Waals surface area (Å²) in [5.74, 6) is -4.64. The van der Waals surface area contributed by atoms with Gasteiger partial charge in [0.1, 0.15) is 18.8 Å². The zero-order valence-corrected chi connectivity index (χ0v) is 39.1. The van der Waals surface area contributed by atoms with Crippen molar-refractivity contribution in [2.75, 3.05) is 52.7 Å². The van der Waals surface area contributed by atoms with Crippen molar-refractivity contribution < 1.29 is 57.0 Å². The zero-order chi connectivity index (χ0) is 44.0. The van der Waals surface area contributed by atoms with Crippen LogP contribution in [-0.2, 0) is 46.7 Å². The molecule has 57 heavy (non-hydrogen) atoms. The molecule has 1 unspecified atom stereocenters. The minimum atomic E-state index is -3.72. The molecule has 0 aromatic rings. The third-order valence-electron chi connectivity index (χ3n) is 10.4. The van der Waals surface area contributed by atoms with Gasteiger partial charge in [-0.15, -0.1) is 0 Å². The fourth-order valence-corrected chi connectivity index (χ4v) is 8.33. The number of aliphatic hydroxyl groups excluding tert-OH is 1. The highest BCUT2D eigenvalue weighted by Gasteiger charge is 2.44. The molecule has 0 aromatic heterocycles. The minimum Gasteiger partial charge on any atom is -0.460 e. The molecule has 0 saturated carbocycles. The lowest BCUT2D eigenvalue weighted by Gasteiger charge is -2.37. The van der Waals surface area contributed by atoms with Gasteiger partial charge >= 0.3 is 13.6 Å². The standard InChI is InChI=1S/C40H78N3O12PSi/c1-13-52-56(51,53-14-2)29-35(46)43(10)26-36(47)55-33(24-22-20-18-16-15-17-19-21-23-30(3)4)31(5)37(48)40(9,50)38(49)41-25-34(45)42-32(27-44)28-54-57(11,12)39(6,7)8/h30-33,44,50H,13-29H2,1-12H3,(H,41,49)(H,42,45)/t31-,32-,33+,40?/m1/s1. The molecule has 0 aliphatic carbocycles. The van der Waals surface area contributed by atoms with Gasteiger partial charge < -0.3 is 44.0 Å². The van der Waals surface area contributed by atoms with Crippen molar-refractivity contribution in [3.8, 4) is 0 Å². The van der Waals surface area contributed by atoms with Gasteiger partial charge in [-0.25, -0.2) is 0 Å². The fourth-order valence-electron chi connectivity index (χ4n) is 5.67. The van der Waals surface area contributed by atoms with E-state index in [4.69, 9.17) is 18.2 Å². The van der Waals surface area contributed by atoms with E-state index in [1.165, 1.54) is 39.7 Å². The number of ketones is 1. The number of nitrogens with zero attached hydrogens (tertiary/aromatic N) is 1. The summed E-state index contributed by atoms with van der Waals surface area (Å²) >= 11 is 0. The molecule has 4 atom stereocenters. The van der Waals surface area contributed by atoms with Crippen LogP contribution in [0.25, 0.3) is 0 Å².